The second kappa shape index (κ2) is 6.64. The molecule has 1 saturated carbocycles. The highest BCUT2D eigenvalue weighted by Crippen LogP contribution is 2.27. The molecule has 1 aromatic rings. The number of benzene rings is 1. The summed E-state index contributed by atoms with van der Waals surface area (Å²) in [5.41, 5.74) is 7.14. The minimum Gasteiger partial charge on any atom is -0.389 e. The van der Waals surface area contributed by atoms with Crippen molar-refractivity contribution in [3.63, 3.8) is 0 Å². The minimum absolute atomic E-state index is 0.250. The van der Waals surface area contributed by atoms with E-state index in [1.54, 1.807) is 6.07 Å². The first kappa shape index (κ1) is 15.4. The lowest BCUT2D eigenvalue weighted by Crippen LogP contribution is -2.35. The molecule has 2 N–H and O–H groups in total. The van der Waals surface area contributed by atoms with E-state index < -0.39 is 0 Å². The quantitative estimate of drug-likeness (QED) is 0.862. The summed E-state index contributed by atoms with van der Waals surface area (Å²) in [6, 6.07) is 5.46. The molecule has 0 aliphatic heterocycles. The predicted octanol–water partition coefficient (Wildman–Crippen LogP) is 3.47. The van der Waals surface area contributed by atoms with Crippen LogP contribution in [0.25, 0.3) is 0 Å². The van der Waals surface area contributed by atoms with Gasteiger partial charge in [0.25, 0.3) is 0 Å². The van der Waals surface area contributed by atoms with E-state index in [1.807, 2.05) is 6.07 Å². The maximum Gasteiger partial charge on any atom is 0.124 e. The van der Waals surface area contributed by atoms with Crippen LogP contribution in [-0.2, 0) is 6.54 Å². The number of hydrogen-bond acceptors (Lipinski definition) is 2. The Morgan fingerprint density at radius 1 is 1.40 bits per heavy atom. The molecular formula is C16H23FN2S. The Morgan fingerprint density at radius 3 is 2.80 bits per heavy atom. The zero-order valence-electron chi connectivity index (χ0n) is 12.2. The van der Waals surface area contributed by atoms with Crippen molar-refractivity contribution < 1.29 is 4.39 Å². The molecule has 2 atom stereocenters. The molecule has 2 rings (SSSR count). The van der Waals surface area contributed by atoms with Gasteiger partial charge in [-0.15, -0.1) is 0 Å². The van der Waals surface area contributed by atoms with Gasteiger partial charge in [0.15, 0.2) is 0 Å². The van der Waals surface area contributed by atoms with Crippen LogP contribution in [0.4, 0.5) is 4.39 Å². The maximum atomic E-state index is 13.6. The van der Waals surface area contributed by atoms with Crippen molar-refractivity contribution in [2.45, 2.75) is 45.2 Å². The molecule has 0 aromatic heterocycles. The fourth-order valence-corrected chi connectivity index (χ4v) is 3.22. The third kappa shape index (κ3) is 4.00. The fourth-order valence-electron chi connectivity index (χ4n) is 3.10. The van der Waals surface area contributed by atoms with Gasteiger partial charge in [-0.3, -0.25) is 4.90 Å². The second-order valence-corrected chi connectivity index (χ2v) is 6.49. The molecule has 1 aliphatic carbocycles. The molecule has 4 heteroatoms. The normalized spacial score (nSPS) is 23.0. The van der Waals surface area contributed by atoms with Gasteiger partial charge < -0.3 is 5.73 Å². The molecule has 1 fully saturated rings. The van der Waals surface area contributed by atoms with Crippen LogP contribution in [0.1, 0.15) is 43.7 Å². The van der Waals surface area contributed by atoms with Crippen molar-refractivity contribution in [1.29, 1.82) is 0 Å². The van der Waals surface area contributed by atoms with Crippen LogP contribution < -0.4 is 5.73 Å². The van der Waals surface area contributed by atoms with Gasteiger partial charge >= 0.3 is 0 Å². The van der Waals surface area contributed by atoms with Crippen LogP contribution in [0.2, 0.25) is 0 Å². The van der Waals surface area contributed by atoms with Crippen molar-refractivity contribution in [2.24, 2.45) is 11.7 Å². The Balaban J connectivity index is 2.07. The molecule has 0 saturated heterocycles. The molecule has 2 nitrogen and oxygen atoms in total. The Bertz CT molecular complexity index is 489. The summed E-state index contributed by atoms with van der Waals surface area (Å²) in [4.78, 5) is 2.58. The van der Waals surface area contributed by atoms with E-state index in [2.05, 4.69) is 18.9 Å². The zero-order valence-corrected chi connectivity index (χ0v) is 13.0. The minimum atomic E-state index is -0.268. The number of nitrogens with zero attached hydrogens (tertiary/aromatic N) is 1. The van der Waals surface area contributed by atoms with Crippen molar-refractivity contribution >= 4 is 17.2 Å². The second-order valence-electron chi connectivity index (χ2n) is 6.05. The van der Waals surface area contributed by atoms with E-state index in [4.69, 9.17) is 18.0 Å². The Labute approximate surface area is 126 Å². The largest absolute Gasteiger partial charge is 0.389 e. The molecule has 0 bridgehead atoms. The summed E-state index contributed by atoms with van der Waals surface area (Å²) in [6.45, 7) is 3.05. The van der Waals surface area contributed by atoms with Gasteiger partial charge in [0, 0.05) is 18.2 Å². The number of nitrogens with two attached hydrogens (primary N) is 1. The van der Waals surface area contributed by atoms with E-state index >= 15 is 0 Å². The molecule has 0 amide bonds. The topological polar surface area (TPSA) is 29.3 Å². The summed E-state index contributed by atoms with van der Waals surface area (Å²) in [7, 11) is 2.12. The highest BCUT2D eigenvalue weighted by Gasteiger charge is 2.22. The molecule has 1 aliphatic rings. The van der Waals surface area contributed by atoms with Crippen LogP contribution in [0.15, 0.2) is 18.2 Å². The van der Waals surface area contributed by atoms with Crippen LogP contribution in [0.5, 0.6) is 0 Å². The summed E-state index contributed by atoms with van der Waals surface area (Å²) in [6.07, 6.45) is 5.08. The smallest absolute Gasteiger partial charge is 0.124 e. The van der Waals surface area contributed by atoms with Gasteiger partial charge in [-0.2, -0.15) is 0 Å². The molecule has 0 heterocycles. The number of hydrogen-bond donors (Lipinski definition) is 1. The lowest BCUT2D eigenvalue weighted by atomic mass is 9.86. The van der Waals surface area contributed by atoms with Crippen molar-refractivity contribution in [3.05, 3.63) is 35.1 Å². The molecule has 20 heavy (non-hydrogen) atoms. The molecule has 110 valence electrons. The van der Waals surface area contributed by atoms with E-state index in [9.17, 15) is 4.39 Å². The van der Waals surface area contributed by atoms with Gasteiger partial charge in [-0.25, -0.2) is 4.39 Å². The van der Waals surface area contributed by atoms with Crippen molar-refractivity contribution in [2.75, 3.05) is 7.05 Å². The van der Waals surface area contributed by atoms with Crippen LogP contribution >= 0.6 is 12.2 Å². The van der Waals surface area contributed by atoms with E-state index in [1.165, 1.54) is 31.7 Å². The van der Waals surface area contributed by atoms with Gasteiger partial charge in [0.2, 0.25) is 0 Å². The highest BCUT2D eigenvalue weighted by atomic mass is 32.1. The number of halogens is 1. The fraction of sp³-hybridized carbons (Fsp3) is 0.562. The molecule has 0 spiro atoms. The zero-order chi connectivity index (χ0) is 14.7. The molecular weight excluding hydrogens is 271 g/mol. The Hall–Kier alpha value is -1.00. The Morgan fingerprint density at radius 2 is 2.15 bits per heavy atom. The van der Waals surface area contributed by atoms with Gasteiger partial charge in [-0.1, -0.05) is 32.0 Å². The summed E-state index contributed by atoms with van der Waals surface area (Å²) in [5.74, 6) is 0.520. The third-order valence-electron chi connectivity index (χ3n) is 4.21. The standard InChI is InChI=1S/C16H23FN2S/c1-11-4-3-5-15(6-11)19(2)10-12-7-13(16(18)20)9-14(17)8-12/h7-9,11,15H,3-6,10H2,1-2H3,(H2,18,20). The van der Waals surface area contributed by atoms with Gasteiger partial charge in [-0.05, 0) is 49.6 Å². The first-order valence-electron chi connectivity index (χ1n) is 7.25. The van der Waals surface area contributed by atoms with Crippen LogP contribution in [-0.4, -0.2) is 23.0 Å². The predicted molar refractivity (Wildman–Crippen MR) is 85.2 cm³/mol. The lowest BCUT2D eigenvalue weighted by Gasteiger charge is -2.34. The highest BCUT2D eigenvalue weighted by molar-refractivity contribution is 7.80. The number of thiocarbonyl (C=S) groups is 1. The lowest BCUT2D eigenvalue weighted by molar-refractivity contribution is 0.157. The van der Waals surface area contributed by atoms with Crippen molar-refractivity contribution in [3.8, 4) is 0 Å². The SMILES string of the molecule is CC1CCCC(N(C)Cc2cc(F)cc(C(N)=S)c2)C1. The van der Waals surface area contributed by atoms with E-state index in [0.717, 1.165) is 18.0 Å². The van der Waals surface area contributed by atoms with Gasteiger partial charge in [0.05, 0.1) is 0 Å². The molecule has 2 unspecified atom stereocenters. The first-order chi connectivity index (χ1) is 9.45. The monoisotopic (exact) mass is 294 g/mol. The van der Waals surface area contributed by atoms with E-state index in [0.29, 0.717) is 11.6 Å². The third-order valence-corrected chi connectivity index (χ3v) is 4.44. The maximum absolute atomic E-state index is 13.6. The average molecular weight is 294 g/mol. The summed E-state index contributed by atoms with van der Waals surface area (Å²) < 4.78 is 13.6. The molecule has 0 radical (unpaired) electrons. The van der Waals surface area contributed by atoms with E-state index in [-0.39, 0.29) is 10.8 Å². The summed E-state index contributed by atoms with van der Waals surface area (Å²) >= 11 is 4.93. The number of rotatable bonds is 4. The van der Waals surface area contributed by atoms with Crippen LogP contribution in [0.3, 0.4) is 0 Å². The molecule has 1 aromatic carbocycles. The van der Waals surface area contributed by atoms with Crippen LogP contribution in [0, 0.1) is 11.7 Å². The first-order valence-corrected chi connectivity index (χ1v) is 7.66. The Kier molecular flexibility index (Phi) is 5.11. The average Bonchev–Trinajstić information content (AvgIpc) is 2.37. The van der Waals surface area contributed by atoms with Gasteiger partial charge in [0.1, 0.15) is 10.8 Å². The summed E-state index contributed by atoms with van der Waals surface area (Å²) in [5, 5.41) is 0. The van der Waals surface area contributed by atoms with Crippen molar-refractivity contribution in [1.82, 2.24) is 4.90 Å².